The van der Waals surface area contributed by atoms with E-state index in [1.54, 1.807) is 12.1 Å². The molecule has 3 aliphatic heterocycles. The first-order valence-electron chi connectivity index (χ1n) is 11.4. The molecule has 1 unspecified atom stereocenters. The highest BCUT2D eigenvalue weighted by atomic mass is 35.5. The third-order valence-corrected chi connectivity index (χ3v) is 7.49. The van der Waals surface area contributed by atoms with Crippen molar-refractivity contribution in [3.8, 4) is 0 Å². The van der Waals surface area contributed by atoms with Crippen molar-refractivity contribution in [2.24, 2.45) is 0 Å². The third kappa shape index (κ3) is 3.93. The van der Waals surface area contributed by atoms with Gasteiger partial charge >= 0.3 is 0 Å². The number of carbonyl (C=O) groups excluding carboxylic acids is 1. The van der Waals surface area contributed by atoms with Crippen molar-refractivity contribution in [2.45, 2.75) is 43.6 Å². The maximum atomic E-state index is 14.4. The fourth-order valence-corrected chi connectivity index (χ4v) is 5.66. The summed E-state index contributed by atoms with van der Waals surface area (Å²) in [5.41, 5.74) is 0.939. The van der Waals surface area contributed by atoms with Crippen molar-refractivity contribution >= 4 is 23.2 Å². The van der Waals surface area contributed by atoms with E-state index in [-0.39, 0.29) is 5.41 Å². The van der Waals surface area contributed by atoms with Gasteiger partial charge in [-0.15, -0.1) is 0 Å². The fourth-order valence-electron chi connectivity index (χ4n) is 5.49. The highest BCUT2D eigenvalue weighted by molar-refractivity contribution is 6.30. The number of fused-ring (bicyclic) bond motifs is 2. The average molecular weight is 461 g/mol. The zero-order valence-electron chi connectivity index (χ0n) is 18.0. The molecule has 0 aliphatic carbocycles. The predicted molar refractivity (Wildman–Crippen MR) is 120 cm³/mol. The molecule has 1 amide bonds. The van der Waals surface area contributed by atoms with E-state index in [0.717, 1.165) is 69.6 Å². The van der Waals surface area contributed by atoms with Crippen LogP contribution in [0.4, 0.5) is 14.5 Å². The number of benzene rings is 2. The minimum atomic E-state index is -0.839. The quantitative estimate of drug-likeness (QED) is 0.632. The summed E-state index contributed by atoms with van der Waals surface area (Å²) < 4.78 is 34.7. The SMILES string of the molecule is O=C(c1c(F)cccc1F)N1CC2(CCN(CC3CCCCO3)CC2)c2cc(Cl)ccc21. The second-order valence-corrected chi connectivity index (χ2v) is 9.66. The smallest absolute Gasteiger partial charge is 0.264 e. The summed E-state index contributed by atoms with van der Waals surface area (Å²) in [5.74, 6) is -2.32. The lowest BCUT2D eigenvalue weighted by atomic mass is 9.74. The lowest BCUT2D eigenvalue weighted by molar-refractivity contribution is -0.0123. The Morgan fingerprint density at radius 2 is 1.88 bits per heavy atom. The Balaban J connectivity index is 1.39. The number of amides is 1. The summed E-state index contributed by atoms with van der Waals surface area (Å²) in [6, 6.07) is 8.96. The molecular weight excluding hydrogens is 434 g/mol. The van der Waals surface area contributed by atoms with Crippen LogP contribution < -0.4 is 4.90 Å². The van der Waals surface area contributed by atoms with Crippen molar-refractivity contribution in [2.75, 3.05) is 37.7 Å². The van der Waals surface area contributed by atoms with Gasteiger partial charge in [-0.05, 0) is 81.1 Å². The highest BCUT2D eigenvalue weighted by Gasteiger charge is 2.47. The van der Waals surface area contributed by atoms with Gasteiger partial charge in [0.15, 0.2) is 0 Å². The van der Waals surface area contributed by atoms with Crippen LogP contribution in [0.5, 0.6) is 0 Å². The summed E-state index contributed by atoms with van der Waals surface area (Å²) in [7, 11) is 0. The molecule has 2 saturated heterocycles. The number of piperidine rings is 1. The van der Waals surface area contributed by atoms with E-state index in [1.165, 1.54) is 17.4 Å². The third-order valence-electron chi connectivity index (χ3n) is 7.25. The molecule has 0 aromatic heterocycles. The van der Waals surface area contributed by atoms with Crippen LogP contribution in [0.3, 0.4) is 0 Å². The fraction of sp³-hybridized carbons (Fsp3) is 0.480. The first-order valence-corrected chi connectivity index (χ1v) is 11.7. The second kappa shape index (κ2) is 8.73. The van der Waals surface area contributed by atoms with E-state index in [9.17, 15) is 13.6 Å². The number of rotatable bonds is 3. The van der Waals surface area contributed by atoms with Crippen LogP contribution in [0.15, 0.2) is 36.4 Å². The summed E-state index contributed by atoms with van der Waals surface area (Å²) in [5, 5.41) is 0.604. The van der Waals surface area contributed by atoms with E-state index in [4.69, 9.17) is 16.3 Å². The zero-order chi connectivity index (χ0) is 22.3. The maximum Gasteiger partial charge on any atom is 0.264 e. The molecule has 3 aliphatic rings. The minimum absolute atomic E-state index is 0.262. The molecule has 2 fully saturated rings. The topological polar surface area (TPSA) is 32.8 Å². The lowest BCUT2D eigenvalue weighted by Gasteiger charge is -2.41. The summed E-state index contributed by atoms with van der Waals surface area (Å²) in [4.78, 5) is 17.2. The Labute approximate surface area is 192 Å². The second-order valence-electron chi connectivity index (χ2n) is 9.22. The van der Waals surface area contributed by atoms with Crippen LogP contribution in [-0.4, -0.2) is 49.7 Å². The Hall–Kier alpha value is -2.02. The van der Waals surface area contributed by atoms with E-state index in [2.05, 4.69) is 4.90 Å². The van der Waals surface area contributed by atoms with Crippen LogP contribution in [0.2, 0.25) is 5.02 Å². The van der Waals surface area contributed by atoms with Gasteiger partial charge in [-0.25, -0.2) is 8.78 Å². The van der Waals surface area contributed by atoms with Crippen molar-refractivity contribution in [1.82, 2.24) is 4.90 Å². The number of nitrogens with zero attached hydrogens (tertiary/aromatic N) is 2. The van der Waals surface area contributed by atoms with Crippen LogP contribution in [0.1, 0.15) is 48.0 Å². The Bertz CT molecular complexity index is 997. The predicted octanol–water partition coefficient (Wildman–Crippen LogP) is 5.18. The zero-order valence-corrected chi connectivity index (χ0v) is 18.7. The normalized spacial score (nSPS) is 22.8. The molecule has 1 spiro atoms. The molecule has 5 rings (SSSR count). The number of carbonyl (C=O) groups is 1. The summed E-state index contributed by atoms with van der Waals surface area (Å²) in [6.45, 7) is 3.96. The molecule has 170 valence electrons. The van der Waals surface area contributed by atoms with E-state index in [0.29, 0.717) is 23.4 Å². The molecule has 2 aromatic rings. The molecule has 0 N–H and O–H groups in total. The number of anilines is 1. The van der Waals surface area contributed by atoms with Gasteiger partial charge in [0.25, 0.3) is 5.91 Å². The largest absolute Gasteiger partial charge is 0.377 e. The number of halogens is 3. The van der Waals surface area contributed by atoms with Crippen molar-refractivity contribution in [3.63, 3.8) is 0 Å². The number of hydrogen-bond donors (Lipinski definition) is 0. The first-order chi connectivity index (χ1) is 15.5. The first kappa shape index (κ1) is 21.8. The number of hydrogen-bond acceptors (Lipinski definition) is 3. The Morgan fingerprint density at radius 1 is 1.12 bits per heavy atom. The lowest BCUT2D eigenvalue weighted by Crippen LogP contribution is -2.48. The monoisotopic (exact) mass is 460 g/mol. The molecule has 3 heterocycles. The van der Waals surface area contributed by atoms with Gasteiger partial charge in [0.1, 0.15) is 17.2 Å². The Kier molecular flexibility index (Phi) is 5.95. The van der Waals surface area contributed by atoms with Gasteiger partial charge in [-0.3, -0.25) is 4.79 Å². The molecule has 1 atom stereocenters. The molecule has 7 heteroatoms. The van der Waals surface area contributed by atoms with Gasteiger partial charge in [-0.2, -0.15) is 0 Å². The molecule has 0 radical (unpaired) electrons. The molecule has 32 heavy (non-hydrogen) atoms. The number of ether oxygens (including phenoxy) is 1. The summed E-state index contributed by atoms with van der Waals surface area (Å²) in [6.07, 6.45) is 5.48. The molecule has 0 bridgehead atoms. The van der Waals surface area contributed by atoms with E-state index in [1.807, 2.05) is 6.07 Å². The van der Waals surface area contributed by atoms with Crippen LogP contribution in [-0.2, 0) is 10.2 Å². The van der Waals surface area contributed by atoms with Gasteiger partial charge in [0.05, 0.1) is 6.10 Å². The van der Waals surface area contributed by atoms with E-state index >= 15 is 0 Å². The van der Waals surface area contributed by atoms with Gasteiger partial charge in [-0.1, -0.05) is 17.7 Å². The number of likely N-dealkylation sites (tertiary alicyclic amines) is 1. The van der Waals surface area contributed by atoms with Crippen LogP contribution in [0.25, 0.3) is 0 Å². The molecular formula is C25H27ClF2N2O2. The van der Waals surface area contributed by atoms with Crippen molar-refractivity contribution in [3.05, 3.63) is 64.2 Å². The standard InChI is InChI=1S/C25H27ClF2N2O2/c26-17-7-8-22-19(14-17)25(9-11-29(12-10-25)15-18-4-1-2-13-32-18)16-30(22)24(31)23-20(27)5-3-6-21(23)28/h3,5-8,14,18H,1-2,4,9-13,15-16H2. The minimum Gasteiger partial charge on any atom is -0.377 e. The molecule has 4 nitrogen and oxygen atoms in total. The van der Waals surface area contributed by atoms with Crippen LogP contribution >= 0.6 is 11.6 Å². The molecule has 2 aromatic carbocycles. The maximum absolute atomic E-state index is 14.4. The average Bonchev–Trinajstić information content (AvgIpc) is 3.09. The van der Waals surface area contributed by atoms with Crippen LogP contribution in [0, 0.1) is 11.6 Å². The molecule has 0 saturated carbocycles. The van der Waals surface area contributed by atoms with Crippen molar-refractivity contribution in [1.29, 1.82) is 0 Å². The Morgan fingerprint density at radius 3 is 2.56 bits per heavy atom. The summed E-state index contributed by atoms with van der Waals surface area (Å²) >= 11 is 6.33. The van der Waals surface area contributed by atoms with Gasteiger partial charge in [0, 0.05) is 35.8 Å². The highest BCUT2D eigenvalue weighted by Crippen LogP contribution is 2.48. The van der Waals surface area contributed by atoms with Gasteiger partial charge in [0.2, 0.25) is 0 Å². The van der Waals surface area contributed by atoms with Crippen molar-refractivity contribution < 1.29 is 18.3 Å². The van der Waals surface area contributed by atoms with Gasteiger partial charge < -0.3 is 14.5 Å². The van der Waals surface area contributed by atoms with E-state index < -0.39 is 23.1 Å².